The number of sulfonamides is 1. The highest BCUT2D eigenvalue weighted by Crippen LogP contribution is 2.30. The molecule has 2 aromatic carbocycles. The number of nitrogens with zero attached hydrogens (tertiary/aromatic N) is 3. The summed E-state index contributed by atoms with van der Waals surface area (Å²) < 4.78 is 30.6. The Balaban J connectivity index is 1.91. The van der Waals surface area contributed by atoms with E-state index in [9.17, 15) is 13.5 Å². The zero-order valence-electron chi connectivity index (χ0n) is 16.6. The van der Waals surface area contributed by atoms with Crippen LogP contribution >= 0.6 is 0 Å². The predicted octanol–water partition coefficient (Wildman–Crippen LogP) is 2.75. The first kappa shape index (κ1) is 20.7. The van der Waals surface area contributed by atoms with Crippen LogP contribution in [0.1, 0.15) is 5.56 Å². The van der Waals surface area contributed by atoms with E-state index in [2.05, 4.69) is 4.98 Å². The van der Waals surface area contributed by atoms with Crippen LogP contribution in [-0.2, 0) is 16.6 Å². The van der Waals surface area contributed by atoms with E-state index >= 15 is 0 Å². The van der Waals surface area contributed by atoms with Crippen molar-refractivity contribution in [3.8, 4) is 34.1 Å². The number of rotatable bonds is 6. The predicted molar refractivity (Wildman–Crippen MR) is 116 cm³/mol. The maximum atomic E-state index is 11.8. The smallest absolute Gasteiger partial charge is 0.238 e. The molecule has 0 aliphatic heterocycles. The number of aromatic nitrogens is 3. The third kappa shape index (κ3) is 4.19. The van der Waals surface area contributed by atoms with Gasteiger partial charge in [0.05, 0.1) is 35.7 Å². The topological polar surface area (TPSA) is 120 Å². The molecule has 0 unspecified atom stereocenters. The monoisotopic (exact) mass is 436 g/mol. The van der Waals surface area contributed by atoms with E-state index in [-0.39, 0.29) is 10.5 Å². The Morgan fingerprint density at radius 1 is 1.03 bits per heavy atom. The number of aliphatic hydroxyl groups excluding tert-OH is 1. The molecule has 8 nitrogen and oxygen atoms in total. The molecule has 158 valence electrons. The van der Waals surface area contributed by atoms with Crippen molar-refractivity contribution in [3.63, 3.8) is 0 Å². The van der Waals surface area contributed by atoms with Gasteiger partial charge in [0.25, 0.3) is 0 Å². The van der Waals surface area contributed by atoms with E-state index in [0.29, 0.717) is 17.1 Å². The molecule has 2 aromatic heterocycles. The minimum absolute atomic E-state index is 0.123. The van der Waals surface area contributed by atoms with Crippen LogP contribution in [0.4, 0.5) is 0 Å². The molecule has 4 rings (SSSR count). The van der Waals surface area contributed by atoms with Gasteiger partial charge in [-0.3, -0.25) is 4.98 Å². The van der Waals surface area contributed by atoms with Crippen molar-refractivity contribution in [2.75, 3.05) is 7.11 Å². The van der Waals surface area contributed by atoms with Gasteiger partial charge in [-0.05, 0) is 66.2 Å². The highest BCUT2D eigenvalue weighted by Gasteiger charge is 2.18. The van der Waals surface area contributed by atoms with Crippen LogP contribution in [0.25, 0.3) is 28.3 Å². The summed E-state index contributed by atoms with van der Waals surface area (Å²) in [4.78, 5) is 4.24. The largest absolute Gasteiger partial charge is 0.497 e. The second-order valence-corrected chi connectivity index (χ2v) is 8.30. The molecule has 0 saturated heterocycles. The van der Waals surface area contributed by atoms with Crippen molar-refractivity contribution in [3.05, 3.63) is 78.5 Å². The molecule has 0 saturated carbocycles. The lowest BCUT2D eigenvalue weighted by Crippen LogP contribution is -2.15. The van der Waals surface area contributed by atoms with Crippen molar-refractivity contribution in [1.29, 1.82) is 0 Å². The summed E-state index contributed by atoms with van der Waals surface area (Å²) in [6.45, 7) is -0.480. The third-order valence-electron chi connectivity index (χ3n) is 4.79. The maximum absolute atomic E-state index is 11.8. The Kier molecular flexibility index (Phi) is 5.55. The summed E-state index contributed by atoms with van der Waals surface area (Å²) >= 11 is 0. The fourth-order valence-electron chi connectivity index (χ4n) is 3.28. The van der Waals surface area contributed by atoms with Crippen LogP contribution in [0.15, 0.2) is 77.8 Å². The number of hydrogen-bond donors (Lipinski definition) is 2. The molecule has 3 N–H and O–H groups in total. The van der Waals surface area contributed by atoms with E-state index in [0.717, 1.165) is 17.0 Å². The fraction of sp³-hybridized carbons (Fsp3) is 0.0909. The average molecular weight is 436 g/mol. The van der Waals surface area contributed by atoms with Gasteiger partial charge in [-0.1, -0.05) is 6.07 Å². The van der Waals surface area contributed by atoms with Crippen molar-refractivity contribution < 1.29 is 18.3 Å². The molecule has 2 heterocycles. The number of nitrogens with two attached hydrogens (primary N) is 1. The number of pyridine rings is 1. The van der Waals surface area contributed by atoms with Crippen molar-refractivity contribution in [2.45, 2.75) is 11.5 Å². The summed E-state index contributed by atoms with van der Waals surface area (Å²) in [5, 5.41) is 19.7. The van der Waals surface area contributed by atoms with E-state index in [1.165, 1.54) is 6.07 Å². The van der Waals surface area contributed by atoms with Crippen LogP contribution in [0.3, 0.4) is 0 Å². The van der Waals surface area contributed by atoms with Crippen LogP contribution in [0.2, 0.25) is 0 Å². The fourth-order valence-corrected chi connectivity index (χ4v) is 4.03. The molecule has 0 aliphatic carbocycles. The van der Waals surface area contributed by atoms with Gasteiger partial charge in [0.1, 0.15) is 11.4 Å². The molecule has 0 atom stereocenters. The van der Waals surface area contributed by atoms with Gasteiger partial charge in [-0.25, -0.2) is 18.2 Å². The molecule has 0 spiro atoms. The Bertz CT molecular complexity index is 1320. The van der Waals surface area contributed by atoms with Gasteiger partial charge in [0.2, 0.25) is 10.0 Å². The van der Waals surface area contributed by atoms with E-state index in [4.69, 9.17) is 15.0 Å². The molecule has 0 fully saturated rings. The first-order valence-electron chi connectivity index (χ1n) is 9.33. The summed E-state index contributed by atoms with van der Waals surface area (Å²) in [6, 6.07) is 19.5. The quantitative estimate of drug-likeness (QED) is 0.479. The Morgan fingerprint density at radius 2 is 1.81 bits per heavy atom. The molecule has 0 aliphatic rings. The standard InChI is InChI=1S/C22H20N4O4S/c1-30-18-8-5-15(6-9-18)21-13-20(19-4-2-3-11-24-19)25-26(21)17-7-10-22(31(23,28)29)16(12-17)14-27/h2-13,27H,14H2,1H3,(H2,23,28,29). The van der Waals surface area contributed by atoms with Gasteiger partial charge in [0.15, 0.2) is 0 Å². The maximum Gasteiger partial charge on any atom is 0.238 e. The zero-order chi connectivity index (χ0) is 22.0. The zero-order valence-corrected chi connectivity index (χ0v) is 17.5. The highest BCUT2D eigenvalue weighted by atomic mass is 32.2. The van der Waals surface area contributed by atoms with Crippen molar-refractivity contribution in [2.24, 2.45) is 5.14 Å². The third-order valence-corrected chi connectivity index (χ3v) is 5.80. The molecule has 9 heteroatoms. The minimum atomic E-state index is -3.97. The Labute approximate surface area is 179 Å². The number of ether oxygens (including phenoxy) is 1. The summed E-state index contributed by atoms with van der Waals surface area (Å²) in [5.74, 6) is 0.722. The lowest BCUT2D eigenvalue weighted by Gasteiger charge is -2.12. The molecule has 0 radical (unpaired) electrons. The number of hydrogen-bond acceptors (Lipinski definition) is 6. The number of primary sulfonamides is 1. The average Bonchev–Trinajstić information content (AvgIpc) is 3.24. The van der Waals surface area contributed by atoms with E-state index in [1.807, 2.05) is 48.5 Å². The number of methoxy groups -OCH3 is 1. The lowest BCUT2D eigenvalue weighted by molar-refractivity contribution is 0.278. The Hall–Kier alpha value is -3.53. The first-order valence-corrected chi connectivity index (χ1v) is 10.9. The molecular formula is C22H20N4O4S. The van der Waals surface area contributed by atoms with E-state index in [1.54, 1.807) is 30.1 Å². The van der Waals surface area contributed by atoms with Crippen LogP contribution < -0.4 is 9.88 Å². The van der Waals surface area contributed by atoms with E-state index < -0.39 is 16.6 Å². The SMILES string of the molecule is COc1ccc(-c2cc(-c3ccccn3)nn2-c2ccc(S(N)(=O)=O)c(CO)c2)cc1. The second-order valence-electron chi connectivity index (χ2n) is 6.77. The molecule has 0 amide bonds. The van der Waals surface area contributed by atoms with Gasteiger partial charge in [-0.15, -0.1) is 0 Å². The lowest BCUT2D eigenvalue weighted by atomic mass is 10.1. The summed E-state index contributed by atoms with van der Waals surface area (Å²) in [6.07, 6.45) is 1.69. The van der Waals surface area contributed by atoms with Crippen molar-refractivity contribution in [1.82, 2.24) is 14.8 Å². The van der Waals surface area contributed by atoms with Crippen molar-refractivity contribution >= 4 is 10.0 Å². The Morgan fingerprint density at radius 3 is 2.42 bits per heavy atom. The number of aliphatic hydroxyl groups is 1. The minimum Gasteiger partial charge on any atom is -0.497 e. The normalized spacial score (nSPS) is 11.5. The van der Waals surface area contributed by atoms with Gasteiger partial charge < -0.3 is 9.84 Å². The molecule has 0 bridgehead atoms. The van der Waals surface area contributed by atoms with Crippen LogP contribution in [0, 0.1) is 0 Å². The number of benzene rings is 2. The van der Waals surface area contributed by atoms with Gasteiger partial charge in [0, 0.05) is 11.8 Å². The molecule has 31 heavy (non-hydrogen) atoms. The summed E-state index contributed by atoms with van der Waals surface area (Å²) in [7, 11) is -2.37. The first-order chi connectivity index (χ1) is 14.9. The van der Waals surface area contributed by atoms with Crippen LogP contribution in [0.5, 0.6) is 5.75 Å². The van der Waals surface area contributed by atoms with Gasteiger partial charge >= 0.3 is 0 Å². The highest BCUT2D eigenvalue weighted by molar-refractivity contribution is 7.89. The van der Waals surface area contributed by atoms with Gasteiger partial charge in [-0.2, -0.15) is 5.10 Å². The van der Waals surface area contributed by atoms with Crippen LogP contribution in [-0.4, -0.2) is 35.4 Å². The molecule has 4 aromatic rings. The second kappa shape index (κ2) is 8.31. The molecular weight excluding hydrogens is 416 g/mol. The summed E-state index contributed by atoms with van der Waals surface area (Å²) in [5.41, 5.74) is 3.74.